The Hall–Kier alpha value is -2.95. The minimum absolute atomic E-state index is 0.111. The van der Waals surface area contributed by atoms with Gasteiger partial charge in [0.05, 0.1) is 6.42 Å². The van der Waals surface area contributed by atoms with E-state index in [2.05, 4.69) is 29.7 Å². The van der Waals surface area contributed by atoms with E-state index in [0.29, 0.717) is 17.2 Å². The van der Waals surface area contributed by atoms with Crippen LogP contribution in [0.2, 0.25) is 0 Å². The van der Waals surface area contributed by atoms with Crippen molar-refractivity contribution in [1.82, 2.24) is 5.43 Å². The molecule has 0 bridgehead atoms. The Kier molecular flexibility index (Phi) is 6.67. The average Bonchev–Trinajstić information content (AvgIpc) is 2.60. The van der Waals surface area contributed by atoms with E-state index in [1.165, 1.54) is 5.56 Å². The van der Waals surface area contributed by atoms with Gasteiger partial charge in [-0.3, -0.25) is 9.59 Å². The van der Waals surface area contributed by atoms with Gasteiger partial charge in [0.25, 0.3) is 5.91 Å². The van der Waals surface area contributed by atoms with E-state index in [0.717, 1.165) is 11.3 Å². The van der Waals surface area contributed by atoms with Gasteiger partial charge in [0.15, 0.2) is 0 Å². The molecule has 2 aromatic rings. The molecule has 2 aromatic carbocycles. The molecule has 5 heteroatoms. The van der Waals surface area contributed by atoms with Crippen LogP contribution in [0.5, 0.6) is 0 Å². The van der Waals surface area contributed by atoms with Crippen LogP contribution in [0.25, 0.3) is 0 Å². The van der Waals surface area contributed by atoms with Crippen LogP contribution in [0, 0.1) is 6.92 Å². The van der Waals surface area contributed by atoms with Crippen molar-refractivity contribution in [2.75, 3.05) is 5.32 Å². The molecule has 26 heavy (non-hydrogen) atoms. The number of benzene rings is 2. The maximum atomic E-state index is 12.1. The summed E-state index contributed by atoms with van der Waals surface area (Å²) < 4.78 is 0. The molecule has 0 atom stereocenters. The number of carbonyl (C=O) groups excluding carboxylic acids is 2. The van der Waals surface area contributed by atoms with Crippen molar-refractivity contribution in [3.8, 4) is 0 Å². The molecule has 0 saturated carbocycles. The number of hydrogen-bond acceptors (Lipinski definition) is 3. The SMILES string of the molecule is C/C(CC(=O)Nc1ccc(C(C)C)cc1)=N\NC(=O)c1ccccc1C. The zero-order valence-corrected chi connectivity index (χ0v) is 15.7. The summed E-state index contributed by atoms with van der Waals surface area (Å²) in [5.74, 6) is -0.00758. The molecule has 0 spiro atoms. The third-order valence-corrected chi connectivity index (χ3v) is 4.02. The lowest BCUT2D eigenvalue weighted by Gasteiger charge is -2.09. The second-order valence-electron chi connectivity index (χ2n) is 6.60. The minimum atomic E-state index is -0.285. The van der Waals surface area contributed by atoms with Gasteiger partial charge in [-0.25, -0.2) is 5.43 Å². The molecule has 0 aliphatic carbocycles. The zero-order valence-electron chi connectivity index (χ0n) is 15.7. The monoisotopic (exact) mass is 351 g/mol. The highest BCUT2D eigenvalue weighted by atomic mass is 16.2. The molecular weight excluding hydrogens is 326 g/mol. The number of aryl methyl sites for hydroxylation is 1. The Morgan fingerprint density at radius 2 is 1.69 bits per heavy atom. The first-order valence-corrected chi connectivity index (χ1v) is 8.65. The highest BCUT2D eigenvalue weighted by Crippen LogP contribution is 2.17. The lowest BCUT2D eigenvalue weighted by Crippen LogP contribution is -2.22. The van der Waals surface area contributed by atoms with E-state index < -0.39 is 0 Å². The number of carbonyl (C=O) groups is 2. The van der Waals surface area contributed by atoms with Crippen LogP contribution in [-0.4, -0.2) is 17.5 Å². The molecule has 136 valence electrons. The fourth-order valence-corrected chi connectivity index (χ4v) is 2.46. The molecule has 0 heterocycles. The normalized spacial score (nSPS) is 11.3. The minimum Gasteiger partial charge on any atom is -0.326 e. The van der Waals surface area contributed by atoms with Crippen molar-refractivity contribution in [3.63, 3.8) is 0 Å². The third kappa shape index (κ3) is 5.55. The summed E-state index contributed by atoms with van der Waals surface area (Å²) in [7, 11) is 0. The summed E-state index contributed by atoms with van der Waals surface area (Å²) in [6, 6.07) is 15.1. The lowest BCUT2D eigenvalue weighted by molar-refractivity contribution is -0.115. The number of amides is 2. The first-order valence-electron chi connectivity index (χ1n) is 8.65. The molecule has 5 nitrogen and oxygen atoms in total. The van der Waals surface area contributed by atoms with Crippen LogP contribution >= 0.6 is 0 Å². The maximum Gasteiger partial charge on any atom is 0.271 e. The fraction of sp³-hybridized carbons (Fsp3) is 0.286. The number of nitrogens with zero attached hydrogens (tertiary/aromatic N) is 1. The fourth-order valence-electron chi connectivity index (χ4n) is 2.46. The largest absolute Gasteiger partial charge is 0.326 e. The van der Waals surface area contributed by atoms with Gasteiger partial charge in [0.1, 0.15) is 0 Å². The molecule has 0 saturated heterocycles. The highest BCUT2D eigenvalue weighted by Gasteiger charge is 2.09. The number of hydrogen-bond donors (Lipinski definition) is 2. The van der Waals surface area contributed by atoms with Crippen LogP contribution in [0.1, 0.15) is 54.6 Å². The summed E-state index contributed by atoms with van der Waals surface area (Å²) in [5, 5.41) is 6.85. The van der Waals surface area contributed by atoms with Crippen molar-refractivity contribution in [3.05, 3.63) is 65.2 Å². The standard InChI is InChI=1S/C21H25N3O2/c1-14(2)17-9-11-18(12-10-17)22-20(25)13-16(4)23-24-21(26)19-8-6-5-7-15(19)3/h5-12,14H,13H2,1-4H3,(H,22,25)(H,24,26)/b23-16+. The predicted octanol–water partition coefficient (Wildman–Crippen LogP) is 4.25. The number of hydrazone groups is 1. The number of nitrogens with one attached hydrogen (secondary N) is 2. The van der Waals surface area contributed by atoms with Crippen molar-refractivity contribution < 1.29 is 9.59 Å². The maximum absolute atomic E-state index is 12.1. The van der Waals surface area contributed by atoms with E-state index >= 15 is 0 Å². The van der Waals surface area contributed by atoms with Crippen molar-refractivity contribution in [2.24, 2.45) is 5.10 Å². The van der Waals surface area contributed by atoms with Gasteiger partial charge in [-0.15, -0.1) is 0 Å². The molecule has 0 aromatic heterocycles. The summed E-state index contributed by atoms with van der Waals surface area (Å²) in [5.41, 5.74) is 6.44. The summed E-state index contributed by atoms with van der Waals surface area (Å²) >= 11 is 0. The molecule has 0 radical (unpaired) electrons. The molecular formula is C21H25N3O2. The third-order valence-electron chi connectivity index (χ3n) is 4.02. The van der Waals surface area contributed by atoms with Crippen LogP contribution < -0.4 is 10.7 Å². The second-order valence-corrected chi connectivity index (χ2v) is 6.60. The van der Waals surface area contributed by atoms with E-state index in [1.54, 1.807) is 19.1 Å². The first kappa shape index (κ1) is 19.4. The Morgan fingerprint density at radius 1 is 1.04 bits per heavy atom. The summed E-state index contributed by atoms with van der Waals surface area (Å²) in [6.07, 6.45) is 0.111. The summed E-state index contributed by atoms with van der Waals surface area (Å²) in [6.45, 7) is 7.82. The molecule has 0 unspecified atom stereocenters. The van der Waals surface area contributed by atoms with Crippen molar-refractivity contribution in [2.45, 2.75) is 40.0 Å². The molecule has 0 aliphatic rings. The molecule has 0 aliphatic heterocycles. The second kappa shape index (κ2) is 8.94. The Labute approximate surface area is 154 Å². The summed E-state index contributed by atoms with van der Waals surface area (Å²) in [4.78, 5) is 24.2. The topological polar surface area (TPSA) is 70.6 Å². The Morgan fingerprint density at radius 3 is 2.31 bits per heavy atom. The van der Waals surface area contributed by atoms with Gasteiger partial charge < -0.3 is 5.32 Å². The van der Waals surface area contributed by atoms with E-state index in [1.807, 2.05) is 43.3 Å². The number of anilines is 1. The smallest absolute Gasteiger partial charge is 0.271 e. The van der Waals surface area contributed by atoms with Crippen molar-refractivity contribution >= 4 is 23.2 Å². The first-order chi connectivity index (χ1) is 12.4. The Bertz CT molecular complexity index is 808. The van der Waals surface area contributed by atoms with Gasteiger partial charge in [-0.2, -0.15) is 5.10 Å². The van der Waals surface area contributed by atoms with E-state index in [4.69, 9.17) is 0 Å². The van der Waals surface area contributed by atoms with Crippen LogP contribution in [0.3, 0.4) is 0 Å². The molecule has 0 fully saturated rings. The Balaban J connectivity index is 1.89. The molecule has 2 rings (SSSR count). The van der Waals surface area contributed by atoms with Crippen LogP contribution in [0.4, 0.5) is 5.69 Å². The van der Waals surface area contributed by atoms with E-state index in [-0.39, 0.29) is 18.2 Å². The predicted molar refractivity (Wildman–Crippen MR) is 106 cm³/mol. The average molecular weight is 351 g/mol. The highest BCUT2D eigenvalue weighted by molar-refractivity contribution is 6.06. The van der Waals surface area contributed by atoms with Crippen LogP contribution in [-0.2, 0) is 4.79 Å². The van der Waals surface area contributed by atoms with Gasteiger partial charge in [-0.05, 0) is 49.1 Å². The lowest BCUT2D eigenvalue weighted by atomic mass is 10.0. The van der Waals surface area contributed by atoms with Crippen molar-refractivity contribution in [1.29, 1.82) is 0 Å². The quantitative estimate of drug-likeness (QED) is 0.603. The number of rotatable bonds is 6. The molecule has 2 amide bonds. The molecule has 2 N–H and O–H groups in total. The van der Waals surface area contributed by atoms with E-state index in [9.17, 15) is 9.59 Å². The van der Waals surface area contributed by atoms with Gasteiger partial charge in [0, 0.05) is 17.0 Å². The van der Waals surface area contributed by atoms with Crippen LogP contribution in [0.15, 0.2) is 53.6 Å². The zero-order chi connectivity index (χ0) is 19.1. The van der Waals surface area contributed by atoms with Gasteiger partial charge >= 0.3 is 0 Å². The van der Waals surface area contributed by atoms with Gasteiger partial charge in [-0.1, -0.05) is 44.2 Å². The van der Waals surface area contributed by atoms with Gasteiger partial charge in [0.2, 0.25) is 5.91 Å².